The molecule has 0 fully saturated rings. The predicted octanol–water partition coefficient (Wildman–Crippen LogP) is 3.17. The zero-order valence-electron chi connectivity index (χ0n) is 11.9. The number of para-hydroxylation sites is 1. The molecule has 104 valence electrons. The number of rotatable bonds is 2. The summed E-state index contributed by atoms with van der Waals surface area (Å²) in [6, 6.07) is 16.1. The van der Waals surface area contributed by atoms with Gasteiger partial charge >= 0.3 is 0 Å². The van der Waals surface area contributed by atoms with E-state index in [2.05, 4.69) is 23.3 Å². The van der Waals surface area contributed by atoms with Gasteiger partial charge in [0, 0.05) is 30.3 Å². The molecule has 0 N–H and O–H groups in total. The summed E-state index contributed by atoms with van der Waals surface area (Å²) in [5.41, 5.74) is 4.21. The van der Waals surface area contributed by atoms with Crippen LogP contribution in [0.2, 0.25) is 0 Å². The Morgan fingerprint density at radius 3 is 2.76 bits per heavy atom. The van der Waals surface area contributed by atoms with E-state index in [1.165, 1.54) is 5.56 Å². The van der Waals surface area contributed by atoms with Gasteiger partial charge in [-0.2, -0.15) is 5.10 Å². The fourth-order valence-corrected chi connectivity index (χ4v) is 3.35. The van der Waals surface area contributed by atoms with Crippen LogP contribution in [-0.4, -0.2) is 15.6 Å². The van der Waals surface area contributed by atoms with Crippen LogP contribution in [0.25, 0.3) is 10.9 Å². The highest BCUT2D eigenvalue weighted by Gasteiger charge is 2.31. The largest absolute Gasteiger partial charge is 0.294 e. The minimum absolute atomic E-state index is 0.0284. The van der Waals surface area contributed by atoms with E-state index in [4.69, 9.17) is 0 Å². The number of carbonyl (C=O) groups is 1. The van der Waals surface area contributed by atoms with Gasteiger partial charge in [0.1, 0.15) is 0 Å². The Balaban J connectivity index is 1.70. The Morgan fingerprint density at radius 2 is 1.90 bits per heavy atom. The van der Waals surface area contributed by atoms with E-state index < -0.39 is 0 Å². The first-order valence-corrected chi connectivity index (χ1v) is 7.27. The first kappa shape index (κ1) is 12.3. The van der Waals surface area contributed by atoms with Crippen molar-refractivity contribution in [3.05, 3.63) is 65.4 Å². The molecule has 0 aliphatic heterocycles. The Bertz CT molecular complexity index is 847. The fourth-order valence-electron chi connectivity index (χ4n) is 3.35. The van der Waals surface area contributed by atoms with E-state index in [0.29, 0.717) is 0 Å². The Labute approximate surface area is 123 Å². The van der Waals surface area contributed by atoms with Crippen molar-refractivity contribution in [1.82, 2.24) is 9.78 Å². The molecule has 0 bridgehead atoms. The van der Waals surface area contributed by atoms with Gasteiger partial charge in [-0.15, -0.1) is 0 Å². The highest BCUT2D eigenvalue weighted by Crippen LogP contribution is 2.30. The van der Waals surface area contributed by atoms with E-state index in [9.17, 15) is 4.79 Å². The lowest BCUT2D eigenvalue weighted by atomic mass is 9.97. The number of benzene rings is 2. The summed E-state index contributed by atoms with van der Waals surface area (Å²) in [7, 11) is 1.96. The van der Waals surface area contributed by atoms with Crippen molar-refractivity contribution < 1.29 is 4.79 Å². The smallest absolute Gasteiger partial charge is 0.166 e. The number of ketones is 1. The van der Waals surface area contributed by atoms with Gasteiger partial charge in [0.2, 0.25) is 0 Å². The second-order valence-corrected chi connectivity index (χ2v) is 5.71. The molecule has 2 aromatic carbocycles. The van der Waals surface area contributed by atoms with Crippen LogP contribution in [-0.2, 0) is 19.9 Å². The van der Waals surface area contributed by atoms with Gasteiger partial charge in [-0.3, -0.25) is 9.48 Å². The molecule has 1 heterocycles. The zero-order valence-corrected chi connectivity index (χ0v) is 11.9. The summed E-state index contributed by atoms with van der Waals surface area (Å²) in [5.74, 6) is 0.293. The van der Waals surface area contributed by atoms with Gasteiger partial charge < -0.3 is 0 Å². The summed E-state index contributed by atoms with van der Waals surface area (Å²) in [5, 5.41) is 5.77. The second kappa shape index (κ2) is 4.55. The van der Waals surface area contributed by atoms with E-state index >= 15 is 0 Å². The molecular formula is C18H16N2O. The average Bonchev–Trinajstić information content (AvgIpc) is 2.99. The fraction of sp³-hybridized carbons (Fsp3) is 0.222. The minimum atomic E-state index is 0.0284. The molecule has 0 spiro atoms. The number of nitrogens with zero attached hydrogens (tertiary/aromatic N) is 2. The quantitative estimate of drug-likeness (QED) is 0.720. The van der Waals surface area contributed by atoms with E-state index in [1.54, 1.807) is 0 Å². The molecule has 1 atom stereocenters. The summed E-state index contributed by atoms with van der Waals surface area (Å²) < 4.78 is 1.90. The summed E-state index contributed by atoms with van der Waals surface area (Å²) in [4.78, 5) is 12.5. The van der Waals surface area contributed by atoms with Crippen LogP contribution in [0.4, 0.5) is 0 Å². The number of Topliss-reactive ketones (excluding diaryl/α,β-unsaturated/α-hetero) is 1. The maximum absolute atomic E-state index is 12.5. The van der Waals surface area contributed by atoms with Crippen molar-refractivity contribution in [2.45, 2.75) is 12.8 Å². The summed E-state index contributed by atoms with van der Waals surface area (Å²) >= 11 is 0. The van der Waals surface area contributed by atoms with Crippen LogP contribution >= 0.6 is 0 Å². The van der Waals surface area contributed by atoms with Gasteiger partial charge in [-0.05, 0) is 18.1 Å². The lowest BCUT2D eigenvalue weighted by Gasteiger charge is -2.05. The number of aryl methyl sites for hydroxylation is 1. The number of fused-ring (bicyclic) bond motifs is 2. The van der Waals surface area contributed by atoms with E-state index in [0.717, 1.165) is 35.0 Å². The summed E-state index contributed by atoms with van der Waals surface area (Å²) in [6.45, 7) is 0. The topological polar surface area (TPSA) is 34.9 Å². The van der Waals surface area contributed by atoms with Gasteiger partial charge in [0.05, 0.1) is 11.2 Å². The van der Waals surface area contributed by atoms with Crippen LogP contribution in [0.5, 0.6) is 0 Å². The highest BCUT2D eigenvalue weighted by atomic mass is 16.1. The molecule has 1 unspecified atom stereocenters. The second-order valence-electron chi connectivity index (χ2n) is 5.71. The molecule has 0 radical (unpaired) electrons. The maximum atomic E-state index is 12.5. The SMILES string of the molecule is Cn1nc(CC2Cc3ccccc3C2=O)c2ccccc21. The maximum Gasteiger partial charge on any atom is 0.166 e. The Kier molecular flexibility index (Phi) is 2.67. The first-order valence-electron chi connectivity index (χ1n) is 7.27. The normalized spacial score (nSPS) is 17.4. The number of aromatic nitrogens is 2. The average molecular weight is 276 g/mol. The van der Waals surface area contributed by atoms with Crippen LogP contribution in [0, 0.1) is 5.92 Å². The molecule has 3 aromatic rings. The molecular weight excluding hydrogens is 260 g/mol. The van der Waals surface area contributed by atoms with E-state index in [-0.39, 0.29) is 11.7 Å². The standard InChI is InChI=1S/C18H16N2O/c1-20-17-9-5-4-8-15(17)16(19-20)11-13-10-12-6-2-3-7-14(12)18(13)21/h2-9,13H,10-11H2,1H3. The van der Waals surface area contributed by atoms with Gasteiger partial charge in [-0.1, -0.05) is 42.5 Å². The Morgan fingerprint density at radius 1 is 1.14 bits per heavy atom. The van der Waals surface area contributed by atoms with Crippen molar-refractivity contribution in [2.75, 3.05) is 0 Å². The molecule has 4 rings (SSSR count). The van der Waals surface area contributed by atoms with Gasteiger partial charge in [-0.25, -0.2) is 0 Å². The van der Waals surface area contributed by atoms with Crippen molar-refractivity contribution >= 4 is 16.7 Å². The van der Waals surface area contributed by atoms with Gasteiger partial charge in [0.25, 0.3) is 0 Å². The van der Waals surface area contributed by atoms with Crippen LogP contribution in [0.3, 0.4) is 0 Å². The number of carbonyl (C=O) groups excluding carboxylic acids is 1. The monoisotopic (exact) mass is 276 g/mol. The molecule has 1 aliphatic rings. The molecule has 0 saturated carbocycles. The van der Waals surface area contributed by atoms with Crippen molar-refractivity contribution in [3.8, 4) is 0 Å². The predicted molar refractivity (Wildman–Crippen MR) is 82.4 cm³/mol. The Hall–Kier alpha value is -2.42. The molecule has 0 saturated heterocycles. The molecule has 0 amide bonds. The van der Waals surface area contributed by atoms with Crippen molar-refractivity contribution in [3.63, 3.8) is 0 Å². The molecule has 3 nitrogen and oxygen atoms in total. The highest BCUT2D eigenvalue weighted by molar-refractivity contribution is 6.02. The van der Waals surface area contributed by atoms with Crippen molar-refractivity contribution in [2.24, 2.45) is 13.0 Å². The lowest BCUT2D eigenvalue weighted by Crippen LogP contribution is -2.12. The van der Waals surface area contributed by atoms with E-state index in [1.807, 2.05) is 42.1 Å². The summed E-state index contributed by atoms with van der Waals surface area (Å²) in [6.07, 6.45) is 1.55. The first-order chi connectivity index (χ1) is 10.2. The van der Waals surface area contributed by atoms with Crippen LogP contribution in [0.1, 0.15) is 21.6 Å². The molecule has 21 heavy (non-hydrogen) atoms. The minimum Gasteiger partial charge on any atom is -0.294 e. The lowest BCUT2D eigenvalue weighted by molar-refractivity contribution is 0.0936. The van der Waals surface area contributed by atoms with Crippen molar-refractivity contribution in [1.29, 1.82) is 0 Å². The van der Waals surface area contributed by atoms with Crippen LogP contribution < -0.4 is 0 Å². The molecule has 1 aliphatic carbocycles. The third-order valence-corrected chi connectivity index (χ3v) is 4.39. The third kappa shape index (κ3) is 1.88. The molecule has 1 aromatic heterocycles. The zero-order chi connectivity index (χ0) is 14.4. The van der Waals surface area contributed by atoms with Gasteiger partial charge in [0.15, 0.2) is 5.78 Å². The molecule has 3 heteroatoms. The third-order valence-electron chi connectivity index (χ3n) is 4.39. The number of hydrogen-bond donors (Lipinski definition) is 0. The van der Waals surface area contributed by atoms with Crippen LogP contribution in [0.15, 0.2) is 48.5 Å². The number of hydrogen-bond acceptors (Lipinski definition) is 2.